The fraction of sp³-hybridized carbons (Fsp3) is 0.500. The molecule has 0 aromatic heterocycles. The van der Waals surface area contributed by atoms with E-state index in [0.29, 0.717) is 0 Å². The largest absolute Gasteiger partial charge is 0.419 e. The molecule has 2 aliphatic rings. The van der Waals surface area contributed by atoms with Gasteiger partial charge in [0.1, 0.15) is 5.57 Å². The summed E-state index contributed by atoms with van der Waals surface area (Å²) in [5.41, 5.74) is 1.91. The summed E-state index contributed by atoms with van der Waals surface area (Å²) in [6.07, 6.45) is 2.70. The van der Waals surface area contributed by atoms with E-state index in [0.717, 1.165) is 38.3 Å². The number of ether oxygens (including phenoxy) is 2. The van der Waals surface area contributed by atoms with Gasteiger partial charge in [-0.2, -0.15) is 0 Å². The predicted molar refractivity (Wildman–Crippen MR) is 98.1 cm³/mol. The third-order valence-electron chi connectivity index (χ3n) is 4.63. The fourth-order valence-corrected chi connectivity index (χ4v) is 3.18. The van der Waals surface area contributed by atoms with E-state index >= 15 is 0 Å². The van der Waals surface area contributed by atoms with Crippen molar-refractivity contribution in [2.45, 2.75) is 32.6 Å². The molecule has 0 amide bonds. The number of cyclic esters (lactones) is 2. The number of benzene rings is 1. The average molecular weight is 358 g/mol. The van der Waals surface area contributed by atoms with Crippen LogP contribution < -0.4 is 0 Å². The summed E-state index contributed by atoms with van der Waals surface area (Å²) in [6, 6.07) is 7.88. The minimum Gasteiger partial charge on any atom is -0.419 e. The lowest BCUT2D eigenvalue weighted by molar-refractivity contribution is -0.222. The SMILES string of the molecule is CN1CCCN(Cc2ccc(C=C3C(=O)OC(C)(C)OC3=O)cc2)CC1. The van der Waals surface area contributed by atoms with Crippen LogP contribution in [0.1, 0.15) is 31.4 Å². The molecule has 0 saturated carbocycles. The van der Waals surface area contributed by atoms with Gasteiger partial charge in [0.25, 0.3) is 5.79 Å². The van der Waals surface area contributed by atoms with Crippen molar-refractivity contribution in [3.05, 3.63) is 41.0 Å². The van der Waals surface area contributed by atoms with Crippen molar-refractivity contribution in [1.29, 1.82) is 0 Å². The Kier molecular flexibility index (Phi) is 5.44. The van der Waals surface area contributed by atoms with Gasteiger partial charge in [0.05, 0.1) is 0 Å². The van der Waals surface area contributed by atoms with Crippen LogP contribution in [-0.2, 0) is 25.6 Å². The lowest BCUT2D eigenvalue weighted by atomic mass is 10.1. The molecule has 6 nitrogen and oxygen atoms in total. The molecule has 6 heteroatoms. The van der Waals surface area contributed by atoms with Crippen LogP contribution in [0, 0.1) is 0 Å². The average Bonchev–Trinajstić information content (AvgIpc) is 2.76. The van der Waals surface area contributed by atoms with Gasteiger partial charge in [-0.05, 0) is 43.8 Å². The van der Waals surface area contributed by atoms with Crippen molar-refractivity contribution in [2.75, 3.05) is 33.2 Å². The van der Waals surface area contributed by atoms with Crippen LogP contribution in [0.2, 0.25) is 0 Å². The summed E-state index contributed by atoms with van der Waals surface area (Å²) in [5.74, 6) is -2.51. The van der Waals surface area contributed by atoms with Crippen molar-refractivity contribution >= 4 is 18.0 Å². The molecule has 0 aliphatic carbocycles. The second-order valence-electron chi connectivity index (χ2n) is 7.41. The first kappa shape index (κ1) is 18.6. The highest BCUT2D eigenvalue weighted by Gasteiger charge is 2.38. The number of nitrogens with zero attached hydrogens (tertiary/aromatic N) is 2. The van der Waals surface area contributed by atoms with Gasteiger partial charge in [-0.1, -0.05) is 24.3 Å². The Morgan fingerprint density at radius 2 is 1.65 bits per heavy atom. The number of carbonyl (C=O) groups excluding carboxylic acids is 2. The zero-order valence-corrected chi connectivity index (χ0v) is 15.7. The molecule has 0 radical (unpaired) electrons. The van der Waals surface area contributed by atoms with Crippen LogP contribution in [0.25, 0.3) is 6.08 Å². The number of rotatable bonds is 3. The van der Waals surface area contributed by atoms with Gasteiger partial charge >= 0.3 is 11.9 Å². The highest BCUT2D eigenvalue weighted by atomic mass is 16.7. The number of likely N-dealkylation sites (N-methyl/N-ethyl adjacent to an activating group) is 1. The van der Waals surface area contributed by atoms with Gasteiger partial charge in [-0.15, -0.1) is 0 Å². The summed E-state index contributed by atoms with van der Waals surface area (Å²) < 4.78 is 10.2. The lowest BCUT2D eigenvalue weighted by Crippen LogP contribution is -2.41. The van der Waals surface area contributed by atoms with Gasteiger partial charge in [0.15, 0.2) is 0 Å². The summed E-state index contributed by atoms with van der Waals surface area (Å²) in [5, 5.41) is 0. The maximum atomic E-state index is 12.0. The van der Waals surface area contributed by atoms with Crippen LogP contribution in [0.15, 0.2) is 29.8 Å². The molecule has 1 aromatic carbocycles. The first-order valence-electron chi connectivity index (χ1n) is 9.01. The monoisotopic (exact) mass is 358 g/mol. The third-order valence-corrected chi connectivity index (χ3v) is 4.63. The molecule has 0 atom stereocenters. The van der Waals surface area contributed by atoms with Gasteiger partial charge in [-0.25, -0.2) is 9.59 Å². The molecule has 0 N–H and O–H groups in total. The summed E-state index contributed by atoms with van der Waals surface area (Å²) >= 11 is 0. The zero-order valence-electron chi connectivity index (χ0n) is 15.7. The summed E-state index contributed by atoms with van der Waals surface area (Å²) in [7, 11) is 2.16. The van der Waals surface area contributed by atoms with Gasteiger partial charge in [0, 0.05) is 33.5 Å². The molecule has 0 unspecified atom stereocenters. The normalized spacial score (nSPS) is 21.7. The van der Waals surface area contributed by atoms with Crippen LogP contribution in [-0.4, -0.2) is 60.8 Å². The second-order valence-corrected chi connectivity index (χ2v) is 7.41. The highest BCUT2D eigenvalue weighted by molar-refractivity contribution is 6.18. The fourth-order valence-electron chi connectivity index (χ4n) is 3.18. The summed E-state index contributed by atoms with van der Waals surface area (Å²) in [6.45, 7) is 8.38. The van der Waals surface area contributed by atoms with Crippen LogP contribution >= 0.6 is 0 Å². The Bertz CT molecular complexity index is 687. The van der Waals surface area contributed by atoms with E-state index in [9.17, 15) is 9.59 Å². The van der Waals surface area contributed by atoms with E-state index in [2.05, 4.69) is 16.8 Å². The standard InChI is InChI=1S/C20H26N2O4/c1-20(2)25-18(23)17(19(24)26-20)13-15-5-7-16(8-6-15)14-22-10-4-9-21(3)11-12-22/h5-8,13H,4,9-12,14H2,1-3H3. The Balaban J connectivity index is 1.66. The van der Waals surface area contributed by atoms with E-state index < -0.39 is 17.7 Å². The number of hydrogen-bond donors (Lipinski definition) is 0. The van der Waals surface area contributed by atoms with Gasteiger partial charge < -0.3 is 14.4 Å². The van der Waals surface area contributed by atoms with Crippen LogP contribution in [0.5, 0.6) is 0 Å². The first-order valence-corrected chi connectivity index (χ1v) is 9.01. The Labute approximate surface area is 154 Å². The first-order chi connectivity index (χ1) is 12.3. The van der Waals surface area contributed by atoms with E-state index in [1.165, 1.54) is 31.9 Å². The van der Waals surface area contributed by atoms with E-state index in [1.807, 2.05) is 24.3 Å². The Morgan fingerprint density at radius 3 is 2.31 bits per heavy atom. The quantitative estimate of drug-likeness (QED) is 0.468. The van der Waals surface area contributed by atoms with E-state index in [4.69, 9.17) is 9.47 Å². The zero-order chi connectivity index (χ0) is 18.7. The van der Waals surface area contributed by atoms with Crippen LogP contribution in [0.4, 0.5) is 0 Å². The molecule has 3 rings (SSSR count). The lowest BCUT2D eigenvalue weighted by Gasteiger charge is -2.29. The van der Waals surface area contributed by atoms with Crippen molar-refractivity contribution in [2.24, 2.45) is 0 Å². The molecule has 2 heterocycles. The molecular weight excluding hydrogens is 332 g/mol. The third kappa shape index (κ3) is 4.71. The van der Waals surface area contributed by atoms with Gasteiger partial charge in [0.2, 0.25) is 0 Å². The molecule has 2 saturated heterocycles. The number of carbonyl (C=O) groups is 2. The molecule has 140 valence electrons. The Hall–Kier alpha value is -2.18. The molecule has 2 aliphatic heterocycles. The number of esters is 2. The molecule has 0 spiro atoms. The van der Waals surface area contributed by atoms with Crippen LogP contribution in [0.3, 0.4) is 0 Å². The predicted octanol–water partition coefficient (Wildman–Crippen LogP) is 2.04. The van der Waals surface area contributed by atoms with E-state index in [1.54, 1.807) is 0 Å². The molecule has 0 bridgehead atoms. The molecular formula is C20H26N2O4. The topological polar surface area (TPSA) is 59.1 Å². The maximum Gasteiger partial charge on any atom is 0.348 e. The Morgan fingerprint density at radius 1 is 1.00 bits per heavy atom. The van der Waals surface area contributed by atoms with Crippen molar-refractivity contribution in [1.82, 2.24) is 9.80 Å². The van der Waals surface area contributed by atoms with E-state index in [-0.39, 0.29) is 5.57 Å². The minimum absolute atomic E-state index is 0.0763. The smallest absolute Gasteiger partial charge is 0.348 e. The second kappa shape index (κ2) is 7.60. The number of hydrogen-bond acceptors (Lipinski definition) is 6. The van der Waals surface area contributed by atoms with Crippen molar-refractivity contribution < 1.29 is 19.1 Å². The highest BCUT2D eigenvalue weighted by Crippen LogP contribution is 2.24. The maximum absolute atomic E-state index is 12.0. The summed E-state index contributed by atoms with van der Waals surface area (Å²) in [4.78, 5) is 28.8. The molecule has 26 heavy (non-hydrogen) atoms. The minimum atomic E-state index is -1.21. The molecule has 1 aromatic rings. The van der Waals surface area contributed by atoms with Gasteiger partial charge in [-0.3, -0.25) is 4.90 Å². The van der Waals surface area contributed by atoms with Crippen molar-refractivity contribution in [3.63, 3.8) is 0 Å². The van der Waals surface area contributed by atoms with Crippen molar-refractivity contribution in [3.8, 4) is 0 Å². The molecule has 2 fully saturated rings.